The smallest absolute Gasteiger partial charge is 0.326 e. The Hall–Kier alpha value is -6.39. The number of carbonyl (C=O) groups excluding carboxylic acids is 3. The van der Waals surface area contributed by atoms with Crippen molar-refractivity contribution in [3.63, 3.8) is 0 Å². The highest BCUT2D eigenvalue weighted by Crippen LogP contribution is 2.21. The van der Waals surface area contributed by atoms with Crippen LogP contribution in [0.4, 0.5) is 5.82 Å². The highest BCUT2D eigenvalue weighted by molar-refractivity contribution is 7.86. The van der Waals surface area contributed by atoms with Gasteiger partial charge in [0.1, 0.15) is 29.0 Å². The molecule has 3 amide bonds. The van der Waals surface area contributed by atoms with E-state index in [-0.39, 0.29) is 53.0 Å². The number of anilines is 1. The summed E-state index contributed by atoms with van der Waals surface area (Å²) in [5.74, 6) is -2.14. The predicted molar refractivity (Wildman–Crippen MR) is 207 cm³/mol. The van der Waals surface area contributed by atoms with Crippen LogP contribution in [0.1, 0.15) is 51.2 Å². The summed E-state index contributed by atoms with van der Waals surface area (Å²) in [5, 5.41) is 20.0. The number of likely N-dealkylation sites (N-methyl/N-ethyl adjacent to an activating group) is 1. The number of carboxylic acid groups (broad SMARTS) is 1. The topological polar surface area (TPSA) is 212 Å². The number of hydrazone groups is 1. The van der Waals surface area contributed by atoms with Crippen LogP contribution in [-0.4, -0.2) is 88.6 Å². The summed E-state index contributed by atoms with van der Waals surface area (Å²) in [5.41, 5.74) is 5.00. The lowest BCUT2D eigenvalue weighted by molar-refractivity contribution is -0.139. The Balaban J connectivity index is 1.10. The number of benzene rings is 3. The number of carbonyl (C=O) groups is 4. The van der Waals surface area contributed by atoms with Crippen molar-refractivity contribution in [3.8, 4) is 0 Å². The number of carboxylic acids is 1. The molecule has 0 saturated heterocycles. The summed E-state index contributed by atoms with van der Waals surface area (Å²) in [6.45, 7) is 0.629. The first kappa shape index (κ1) is 39.8. The number of unbranched alkanes of at least 4 members (excludes halogenated alkanes) is 1. The number of amides is 3. The van der Waals surface area contributed by atoms with E-state index >= 15 is 0 Å². The number of aromatic nitrogens is 2. The average Bonchev–Trinajstić information content (AvgIpc) is 3.54. The summed E-state index contributed by atoms with van der Waals surface area (Å²) in [6, 6.07) is 26.3. The van der Waals surface area contributed by atoms with Crippen LogP contribution in [0.5, 0.6) is 0 Å². The van der Waals surface area contributed by atoms with Gasteiger partial charge in [0.2, 0.25) is 5.91 Å². The molecule has 5 N–H and O–H groups in total. The lowest BCUT2D eigenvalue weighted by Crippen LogP contribution is -2.42. The summed E-state index contributed by atoms with van der Waals surface area (Å²) in [6.07, 6.45) is 4.13. The van der Waals surface area contributed by atoms with E-state index in [0.717, 1.165) is 10.9 Å². The Morgan fingerprint density at radius 2 is 1.65 bits per heavy atom. The van der Waals surface area contributed by atoms with Crippen LogP contribution in [0, 0.1) is 0 Å². The number of fused-ring (bicyclic) bond motifs is 1. The zero-order valence-corrected chi connectivity index (χ0v) is 30.8. The first-order chi connectivity index (χ1) is 26.4. The van der Waals surface area contributed by atoms with Crippen LogP contribution in [0.3, 0.4) is 0 Å². The highest BCUT2D eigenvalue weighted by atomic mass is 32.2. The van der Waals surface area contributed by atoms with Crippen LogP contribution in [0.25, 0.3) is 10.9 Å². The van der Waals surface area contributed by atoms with Crippen molar-refractivity contribution < 1.29 is 37.3 Å². The molecule has 3 aromatic carbocycles. The Morgan fingerprint density at radius 3 is 2.38 bits per heavy atom. The number of hydrogen-bond acceptors (Lipinski definition) is 9. The van der Waals surface area contributed by atoms with E-state index in [0.29, 0.717) is 31.3 Å². The van der Waals surface area contributed by atoms with Crippen molar-refractivity contribution in [2.24, 2.45) is 5.10 Å². The van der Waals surface area contributed by atoms with Gasteiger partial charge in [-0.15, -0.1) is 0 Å². The van der Waals surface area contributed by atoms with Crippen molar-refractivity contribution in [1.29, 1.82) is 0 Å². The van der Waals surface area contributed by atoms with Crippen molar-refractivity contribution in [3.05, 3.63) is 126 Å². The van der Waals surface area contributed by atoms with Crippen LogP contribution in [0.15, 0.2) is 113 Å². The number of para-hydroxylation sites is 1. The molecule has 55 heavy (non-hydrogen) atoms. The normalized spacial score (nSPS) is 12.0. The number of nitrogens with one attached hydrogen (secondary N) is 3. The molecule has 15 nitrogen and oxygen atoms in total. The summed E-state index contributed by atoms with van der Waals surface area (Å²) in [4.78, 5) is 57.0. The maximum atomic E-state index is 13.5. The van der Waals surface area contributed by atoms with Gasteiger partial charge in [0.25, 0.3) is 21.9 Å². The Morgan fingerprint density at radius 1 is 0.927 bits per heavy atom. The molecule has 0 aliphatic heterocycles. The quantitative estimate of drug-likeness (QED) is 0.0371. The fourth-order valence-corrected chi connectivity index (χ4v) is 6.41. The maximum absolute atomic E-state index is 13.5. The van der Waals surface area contributed by atoms with Crippen molar-refractivity contribution >= 4 is 56.7 Å². The van der Waals surface area contributed by atoms with Crippen LogP contribution >= 0.6 is 0 Å². The van der Waals surface area contributed by atoms with E-state index in [9.17, 15) is 37.3 Å². The minimum absolute atomic E-state index is 0.101. The van der Waals surface area contributed by atoms with Gasteiger partial charge in [-0.3, -0.25) is 24.4 Å². The summed E-state index contributed by atoms with van der Waals surface area (Å²) >= 11 is 0. The maximum Gasteiger partial charge on any atom is 0.326 e. The molecule has 2 heterocycles. The number of hydrogen-bond donors (Lipinski definition) is 5. The summed E-state index contributed by atoms with van der Waals surface area (Å²) in [7, 11) is -2.72. The third-order valence-electron chi connectivity index (χ3n) is 8.75. The second-order valence-corrected chi connectivity index (χ2v) is 14.0. The molecule has 0 aliphatic carbocycles. The molecular formula is C39H41N7O8S. The van der Waals surface area contributed by atoms with E-state index in [1.807, 2.05) is 54.6 Å². The number of aliphatic carboxylic acids is 1. The lowest BCUT2D eigenvalue weighted by atomic mass is 10.1. The SMILES string of the molecule is CN(CCc1ccccc1)C(=O)Cn1c(C(=O)NC(CCCCNC(=O)c2ccc(NN=Cc3ccccc3S(=O)(=O)O)nc2)C(=O)O)cc2ccccc21. The lowest BCUT2D eigenvalue weighted by Gasteiger charge is -2.20. The molecule has 16 heteroatoms. The third kappa shape index (κ3) is 11.1. The minimum atomic E-state index is -4.43. The third-order valence-corrected chi connectivity index (χ3v) is 9.68. The van der Waals surface area contributed by atoms with Gasteiger partial charge in [0, 0.05) is 42.8 Å². The molecule has 0 radical (unpaired) electrons. The molecule has 5 rings (SSSR count). The highest BCUT2D eigenvalue weighted by Gasteiger charge is 2.24. The fourth-order valence-electron chi connectivity index (χ4n) is 5.74. The Labute approximate surface area is 317 Å². The van der Waals surface area contributed by atoms with Crippen molar-refractivity contribution in [2.45, 2.75) is 43.2 Å². The van der Waals surface area contributed by atoms with Crippen LogP contribution < -0.4 is 16.1 Å². The second-order valence-electron chi connectivity index (χ2n) is 12.7. The molecule has 0 fully saturated rings. The van der Waals surface area contributed by atoms with Gasteiger partial charge in [0.05, 0.1) is 11.8 Å². The van der Waals surface area contributed by atoms with Gasteiger partial charge in [-0.05, 0) is 61.6 Å². The first-order valence-electron chi connectivity index (χ1n) is 17.4. The van der Waals surface area contributed by atoms with Crippen molar-refractivity contribution in [2.75, 3.05) is 25.6 Å². The van der Waals surface area contributed by atoms with Gasteiger partial charge < -0.3 is 25.2 Å². The molecule has 1 atom stereocenters. The van der Waals surface area contributed by atoms with E-state index in [1.165, 1.54) is 42.7 Å². The van der Waals surface area contributed by atoms with Gasteiger partial charge >= 0.3 is 5.97 Å². The van der Waals surface area contributed by atoms with E-state index in [1.54, 1.807) is 28.6 Å². The zero-order valence-electron chi connectivity index (χ0n) is 30.0. The molecule has 0 aliphatic rings. The van der Waals surface area contributed by atoms with Gasteiger partial charge in [0.15, 0.2) is 0 Å². The van der Waals surface area contributed by atoms with Crippen LogP contribution in [0.2, 0.25) is 0 Å². The Kier molecular flexibility index (Phi) is 13.4. The minimum Gasteiger partial charge on any atom is -0.480 e. The zero-order chi connectivity index (χ0) is 39.4. The summed E-state index contributed by atoms with van der Waals surface area (Å²) < 4.78 is 34.1. The molecule has 0 spiro atoms. The molecule has 0 bridgehead atoms. The Bertz CT molecular complexity index is 2280. The number of nitrogens with zero attached hydrogens (tertiary/aromatic N) is 4. The van der Waals surface area contributed by atoms with E-state index in [4.69, 9.17) is 0 Å². The second kappa shape index (κ2) is 18.6. The number of pyridine rings is 1. The molecular weight excluding hydrogens is 727 g/mol. The standard InChI is InChI=1S/C39H41N7O8S/c1-45(22-20-27-11-3-2-4-12-27)36(47)26-46-32-16-7-5-13-28(32)23-33(46)38(49)43-31(39(50)51)15-9-10-21-40-37(48)30-18-19-35(41-24-30)44-42-25-29-14-6-8-17-34(29)55(52,53)54/h2-8,11-14,16-19,23-25,31H,9-10,15,20-22,26H2,1H3,(H,40,48)(H,41,44)(H,43,49)(H,50,51)(H,52,53,54). The molecule has 286 valence electrons. The molecule has 0 saturated carbocycles. The first-order valence-corrected chi connectivity index (χ1v) is 18.8. The van der Waals surface area contributed by atoms with Crippen molar-refractivity contribution in [1.82, 2.24) is 25.1 Å². The van der Waals surface area contributed by atoms with Gasteiger partial charge in [-0.1, -0.05) is 66.7 Å². The fraction of sp³-hybridized carbons (Fsp3) is 0.231. The molecule has 2 aromatic heterocycles. The average molecular weight is 768 g/mol. The number of rotatable bonds is 18. The largest absolute Gasteiger partial charge is 0.480 e. The van der Waals surface area contributed by atoms with Crippen LogP contribution in [-0.2, 0) is 32.7 Å². The monoisotopic (exact) mass is 767 g/mol. The molecule has 1 unspecified atom stereocenters. The van der Waals surface area contributed by atoms with Gasteiger partial charge in [-0.25, -0.2) is 9.78 Å². The predicted octanol–water partition coefficient (Wildman–Crippen LogP) is 4.21. The molecule has 5 aromatic rings. The van der Waals surface area contributed by atoms with E-state index in [2.05, 4.69) is 26.1 Å². The van der Waals surface area contributed by atoms with Gasteiger partial charge in [-0.2, -0.15) is 13.5 Å². The van der Waals surface area contributed by atoms with E-state index < -0.39 is 33.9 Å².